The summed E-state index contributed by atoms with van der Waals surface area (Å²) in [6, 6.07) is 21.5. The van der Waals surface area contributed by atoms with E-state index in [-0.39, 0.29) is 0 Å². The van der Waals surface area contributed by atoms with E-state index in [0.717, 1.165) is 22.8 Å². The Bertz CT molecular complexity index is 665. The average Bonchev–Trinajstić information content (AvgIpc) is 3.01. The van der Waals surface area contributed by atoms with E-state index in [1.54, 1.807) is 6.26 Å². The van der Waals surface area contributed by atoms with Crippen LogP contribution in [0.25, 0.3) is 12.2 Å². The predicted molar refractivity (Wildman–Crippen MR) is 80.6 cm³/mol. The van der Waals surface area contributed by atoms with Crippen LogP contribution in [0.2, 0.25) is 0 Å². The maximum absolute atomic E-state index is 5.74. The van der Waals surface area contributed by atoms with Crippen LogP contribution >= 0.6 is 0 Å². The van der Waals surface area contributed by atoms with Crippen molar-refractivity contribution in [3.63, 3.8) is 0 Å². The molecule has 0 atom stereocenters. The molecule has 20 heavy (non-hydrogen) atoms. The Morgan fingerprint density at radius 1 is 0.700 bits per heavy atom. The highest BCUT2D eigenvalue weighted by molar-refractivity contribution is 5.67. The summed E-state index contributed by atoms with van der Waals surface area (Å²) >= 11 is 0. The molecule has 0 radical (unpaired) electrons. The molecule has 0 aliphatic heterocycles. The van der Waals surface area contributed by atoms with Crippen molar-refractivity contribution in [3.8, 4) is 11.5 Å². The number of hydrogen-bond donors (Lipinski definition) is 0. The van der Waals surface area contributed by atoms with E-state index < -0.39 is 0 Å². The SMILES string of the molecule is C(=C\c1ccco1)/c1ccc(Oc2ccccc2)cc1. The minimum Gasteiger partial charge on any atom is -0.465 e. The van der Waals surface area contributed by atoms with Crippen molar-refractivity contribution in [3.05, 3.63) is 84.3 Å². The van der Waals surface area contributed by atoms with E-state index in [1.807, 2.05) is 78.9 Å². The summed E-state index contributed by atoms with van der Waals surface area (Å²) in [5.41, 5.74) is 1.10. The van der Waals surface area contributed by atoms with Gasteiger partial charge in [-0.15, -0.1) is 0 Å². The fraction of sp³-hybridized carbons (Fsp3) is 0. The smallest absolute Gasteiger partial charge is 0.127 e. The lowest BCUT2D eigenvalue weighted by Gasteiger charge is -2.05. The predicted octanol–water partition coefficient (Wildman–Crippen LogP) is 5.24. The molecule has 0 bridgehead atoms. The number of benzene rings is 2. The Balaban J connectivity index is 1.68. The first-order chi connectivity index (χ1) is 9.90. The topological polar surface area (TPSA) is 22.4 Å². The van der Waals surface area contributed by atoms with Gasteiger partial charge in [0.25, 0.3) is 0 Å². The summed E-state index contributed by atoms with van der Waals surface area (Å²) < 4.78 is 11.0. The van der Waals surface area contributed by atoms with Crippen LogP contribution in [0.1, 0.15) is 11.3 Å². The molecule has 1 heterocycles. The van der Waals surface area contributed by atoms with Gasteiger partial charge in [-0.05, 0) is 48.0 Å². The Kier molecular flexibility index (Phi) is 3.65. The largest absolute Gasteiger partial charge is 0.465 e. The van der Waals surface area contributed by atoms with Crippen molar-refractivity contribution in [1.82, 2.24) is 0 Å². The Morgan fingerprint density at radius 3 is 2.15 bits per heavy atom. The zero-order valence-corrected chi connectivity index (χ0v) is 10.9. The van der Waals surface area contributed by atoms with Gasteiger partial charge in [0.2, 0.25) is 0 Å². The number of ether oxygens (including phenoxy) is 1. The number of para-hydroxylation sites is 1. The van der Waals surface area contributed by atoms with Crippen LogP contribution < -0.4 is 4.74 Å². The van der Waals surface area contributed by atoms with Gasteiger partial charge in [-0.25, -0.2) is 0 Å². The van der Waals surface area contributed by atoms with Crippen LogP contribution in [0.3, 0.4) is 0 Å². The van der Waals surface area contributed by atoms with Crippen molar-refractivity contribution in [1.29, 1.82) is 0 Å². The molecule has 0 amide bonds. The van der Waals surface area contributed by atoms with Crippen LogP contribution in [0.5, 0.6) is 11.5 Å². The summed E-state index contributed by atoms with van der Waals surface area (Å²) in [5, 5.41) is 0. The molecule has 0 spiro atoms. The van der Waals surface area contributed by atoms with Gasteiger partial charge < -0.3 is 9.15 Å². The van der Waals surface area contributed by atoms with Crippen LogP contribution in [-0.2, 0) is 0 Å². The highest BCUT2D eigenvalue weighted by atomic mass is 16.5. The average molecular weight is 262 g/mol. The first-order valence-electron chi connectivity index (χ1n) is 6.45. The second-order valence-electron chi connectivity index (χ2n) is 4.33. The van der Waals surface area contributed by atoms with Crippen molar-refractivity contribution >= 4 is 12.2 Å². The maximum Gasteiger partial charge on any atom is 0.127 e. The summed E-state index contributed by atoms with van der Waals surface area (Å²) in [7, 11) is 0. The first-order valence-corrected chi connectivity index (χ1v) is 6.45. The van der Waals surface area contributed by atoms with E-state index in [4.69, 9.17) is 9.15 Å². The summed E-state index contributed by atoms with van der Waals surface area (Å²) in [6.45, 7) is 0. The van der Waals surface area contributed by atoms with Gasteiger partial charge >= 0.3 is 0 Å². The van der Waals surface area contributed by atoms with Crippen molar-refractivity contribution in [2.45, 2.75) is 0 Å². The van der Waals surface area contributed by atoms with Gasteiger partial charge in [-0.3, -0.25) is 0 Å². The Hall–Kier alpha value is -2.74. The Morgan fingerprint density at radius 2 is 1.45 bits per heavy atom. The lowest BCUT2D eigenvalue weighted by atomic mass is 10.2. The van der Waals surface area contributed by atoms with Gasteiger partial charge in [0.1, 0.15) is 17.3 Å². The molecule has 1 aromatic heterocycles. The fourth-order valence-corrected chi connectivity index (χ4v) is 1.84. The second-order valence-corrected chi connectivity index (χ2v) is 4.33. The van der Waals surface area contributed by atoms with Crippen molar-refractivity contribution in [2.24, 2.45) is 0 Å². The lowest BCUT2D eigenvalue weighted by Crippen LogP contribution is -1.83. The van der Waals surface area contributed by atoms with E-state index in [0.29, 0.717) is 0 Å². The quantitative estimate of drug-likeness (QED) is 0.641. The molecule has 0 unspecified atom stereocenters. The third kappa shape index (κ3) is 3.18. The molecule has 98 valence electrons. The van der Waals surface area contributed by atoms with Gasteiger partial charge in [0.15, 0.2) is 0 Å². The van der Waals surface area contributed by atoms with E-state index >= 15 is 0 Å². The highest BCUT2D eigenvalue weighted by Crippen LogP contribution is 2.21. The van der Waals surface area contributed by atoms with E-state index in [2.05, 4.69) is 0 Å². The molecular formula is C18H14O2. The molecule has 2 aromatic carbocycles. The molecule has 2 heteroatoms. The molecule has 0 saturated carbocycles. The summed E-state index contributed by atoms with van der Waals surface area (Å²) in [4.78, 5) is 0. The molecule has 0 fully saturated rings. The van der Waals surface area contributed by atoms with Crippen molar-refractivity contribution in [2.75, 3.05) is 0 Å². The van der Waals surface area contributed by atoms with Gasteiger partial charge in [0, 0.05) is 0 Å². The second kappa shape index (κ2) is 5.93. The Labute approximate surface area is 117 Å². The molecule has 3 rings (SSSR count). The van der Waals surface area contributed by atoms with Crippen LogP contribution in [0, 0.1) is 0 Å². The maximum atomic E-state index is 5.74. The third-order valence-electron chi connectivity index (χ3n) is 2.84. The normalized spacial score (nSPS) is 10.8. The monoisotopic (exact) mass is 262 g/mol. The minimum atomic E-state index is 0.825. The minimum absolute atomic E-state index is 0.825. The summed E-state index contributed by atoms with van der Waals surface area (Å²) in [6.07, 6.45) is 5.61. The molecule has 3 aromatic rings. The molecular weight excluding hydrogens is 248 g/mol. The standard InChI is InChI=1S/C18H14O2/c1-2-5-17(6-3-1)20-18-12-9-15(10-13-18)8-11-16-7-4-14-19-16/h1-14H/b11-8+. The van der Waals surface area contributed by atoms with Gasteiger partial charge in [-0.2, -0.15) is 0 Å². The molecule has 2 nitrogen and oxygen atoms in total. The third-order valence-corrected chi connectivity index (χ3v) is 2.84. The van der Waals surface area contributed by atoms with Crippen LogP contribution in [0.15, 0.2) is 77.4 Å². The van der Waals surface area contributed by atoms with Gasteiger partial charge in [0.05, 0.1) is 6.26 Å². The van der Waals surface area contributed by atoms with Gasteiger partial charge in [-0.1, -0.05) is 36.4 Å². The first kappa shape index (κ1) is 12.3. The molecule has 0 N–H and O–H groups in total. The number of hydrogen-bond acceptors (Lipinski definition) is 2. The molecule has 0 saturated heterocycles. The van der Waals surface area contributed by atoms with Crippen molar-refractivity contribution < 1.29 is 9.15 Å². The number of furan rings is 1. The van der Waals surface area contributed by atoms with E-state index in [9.17, 15) is 0 Å². The summed E-state index contributed by atoms with van der Waals surface area (Å²) in [5.74, 6) is 2.51. The highest BCUT2D eigenvalue weighted by Gasteiger charge is 1.96. The molecule has 0 aliphatic rings. The lowest BCUT2D eigenvalue weighted by molar-refractivity contribution is 0.482. The van der Waals surface area contributed by atoms with Crippen LogP contribution in [-0.4, -0.2) is 0 Å². The van der Waals surface area contributed by atoms with E-state index in [1.165, 1.54) is 0 Å². The fourth-order valence-electron chi connectivity index (χ4n) is 1.84. The zero-order chi connectivity index (χ0) is 13.6. The zero-order valence-electron chi connectivity index (χ0n) is 10.9. The number of rotatable bonds is 4. The molecule has 0 aliphatic carbocycles. The van der Waals surface area contributed by atoms with Crippen LogP contribution in [0.4, 0.5) is 0 Å².